The molecule has 2 saturated heterocycles. The summed E-state index contributed by atoms with van der Waals surface area (Å²) in [5.41, 5.74) is -0.382. The SMILES string of the molecule is OCC1OC(OP2C(O)C2CO)C(O)C(O)C1O. The molecule has 0 saturated carbocycles. The molecule has 2 heterocycles. The first-order chi connectivity index (χ1) is 8.51. The van der Waals surface area contributed by atoms with E-state index in [0.717, 1.165) is 0 Å². The van der Waals surface area contributed by atoms with Gasteiger partial charge in [-0.3, -0.25) is 0 Å². The number of ether oxygens (including phenoxy) is 1. The molecule has 9 heteroatoms. The average Bonchev–Trinajstić information content (AvgIpc) is 2.99. The minimum absolute atomic E-state index is 0.232. The zero-order chi connectivity index (χ0) is 13.4. The predicted octanol–water partition coefficient (Wildman–Crippen LogP) is -3.11. The zero-order valence-electron chi connectivity index (χ0n) is 9.40. The maximum absolute atomic E-state index is 9.67. The summed E-state index contributed by atoms with van der Waals surface area (Å²) in [6.45, 7) is -0.765. The quantitative estimate of drug-likeness (QED) is 0.298. The molecule has 2 rings (SSSR count). The summed E-state index contributed by atoms with van der Waals surface area (Å²) in [6.07, 6.45) is -6.68. The molecule has 2 fully saturated rings. The van der Waals surface area contributed by atoms with E-state index in [0.29, 0.717) is 0 Å². The highest BCUT2D eigenvalue weighted by Crippen LogP contribution is 2.66. The molecule has 2 aliphatic heterocycles. The van der Waals surface area contributed by atoms with Crippen LogP contribution in [0.15, 0.2) is 0 Å². The zero-order valence-corrected chi connectivity index (χ0v) is 10.3. The molecular weight excluding hydrogens is 267 g/mol. The van der Waals surface area contributed by atoms with E-state index in [2.05, 4.69) is 0 Å². The van der Waals surface area contributed by atoms with Crippen molar-refractivity contribution in [3.05, 3.63) is 0 Å². The molecular formula is C9H17O8P. The Morgan fingerprint density at radius 2 is 1.61 bits per heavy atom. The van der Waals surface area contributed by atoms with Gasteiger partial charge < -0.3 is 39.9 Å². The Hall–Kier alpha value is 0.110. The van der Waals surface area contributed by atoms with Crippen LogP contribution in [0.5, 0.6) is 0 Å². The van der Waals surface area contributed by atoms with Gasteiger partial charge in [-0.25, -0.2) is 0 Å². The molecule has 106 valence electrons. The van der Waals surface area contributed by atoms with Crippen LogP contribution in [0.4, 0.5) is 0 Å². The minimum Gasteiger partial charge on any atom is -0.396 e. The third kappa shape index (κ3) is 2.53. The Morgan fingerprint density at radius 1 is 0.944 bits per heavy atom. The van der Waals surface area contributed by atoms with Gasteiger partial charge in [0.25, 0.3) is 0 Å². The molecule has 8 nitrogen and oxygen atoms in total. The summed E-state index contributed by atoms with van der Waals surface area (Å²) in [7, 11) is -1.34. The maximum Gasteiger partial charge on any atom is 0.190 e. The van der Waals surface area contributed by atoms with Crippen LogP contribution in [0.25, 0.3) is 0 Å². The summed E-state index contributed by atoms with van der Waals surface area (Å²) in [5.74, 6) is -0.780. The smallest absolute Gasteiger partial charge is 0.190 e. The standard InChI is InChI=1S/C9H17O8P/c10-1-3-5(12)6(13)7(14)9(16-3)17-18-4(2-11)8(18)15/h3-15H,1-2H2. The second-order valence-electron chi connectivity index (χ2n) is 4.33. The van der Waals surface area contributed by atoms with Gasteiger partial charge in [0.1, 0.15) is 30.3 Å². The fourth-order valence-electron chi connectivity index (χ4n) is 1.83. The highest BCUT2D eigenvalue weighted by Gasteiger charge is 2.54. The highest BCUT2D eigenvalue weighted by atomic mass is 31.2. The van der Waals surface area contributed by atoms with Gasteiger partial charge in [-0.05, 0) is 0 Å². The van der Waals surface area contributed by atoms with Crippen molar-refractivity contribution >= 4 is 8.15 Å². The second kappa shape index (κ2) is 5.62. The molecule has 0 amide bonds. The lowest BCUT2D eigenvalue weighted by Gasteiger charge is -2.39. The Bertz CT molecular complexity index is 290. The Kier molecular flexibility index (Phi) is 4.53. The van der Waals surface area contributed by atoms with Crippen LogP contribution in [0, 0.1) is 0 Å². The first-order valence-corrected chi connectivity index (χ1v) is 6.95. The van der Waals surface area contributed by atoms with Crippen LogP contribution in [-0.2, 0) is 9.26 Å². The monoisotopic (exact) mass is 284 g/mol. The molecule has 0 radical (unpaired) electrons. The third-order valence-electron chi connectivity index (χ3n) is 3.10. The highest BCUT2D eigenvalue weighted by molar-refractivity contribution is 7.62. The summed E-state index contributed by atoms with van der Waals surface area (Å²) < 4.78 is 10.4. The minimum atomic E-state index is -1.50. The predicted molar refractivity (Wildman–Crippen MR) is 58.7 cm³/mol. The molecule has 6 N–H and O–H groups in total. The van der Waals surface area contributed by atoms with Crippen molar-refractivity contribution in [2.75, 3.05) is 13.2 Å². The van der Waals surface area contributed by atoms with Crippen molar-refractivity contribution in [3.63, 3.8) is 0 Å². The Labute approximate surface area is 104 Å². The molecule has 0 aliphatic carbocycles. The fourth-order valence-corrected chi connectivity index (χ4v) is 3.44. The lowest BCUT2D eigenvalue weighted by molar-refractivity contribution is -0.275. The van der Waals surface area contributed by atoms with E-state index in [9.17, 15) is 20.4 Å². The van der Waals surface area contributed by atoms with Gasteiger partial charge in [-0.2, -0.15) is 0 Å². The molecule has 8 unspecified atom stereocenters. The average molecular weight is 284 g/mol. The van der Waals surface area contributed by atoms with E-state index in [4.69, 9.17) is 19.5 Å². The van der Waals surface area contributed by atoms with Crippen LogP contribution < -0.4 is 0 Å². The molecule has 8 atom stereocenters. The molecule has 0 aromatic rings. The largest absolute Gasteiger partial charge is 0.396 e. The van der Waals surface area contributed by atoms with Gasteiger partial charge in [0.05, 0.1) is 27.0 Å². The molecule has 18 heavy (non-hydrogen) atoms. The Balaban J connectivity index is 1.95. The van der Waals surface area contributed by atoms with Crippen molar-refractivity contribution in [3.8, 4) is 0 Å². The van der Waals surface area contributed by atoms with Crippen LogP contribution in [-0.4, -0.2) is 86.1 Å². The van der Waals surface area contributed by atoms with E-state index in [1.54, 1.807) is 0 Å². The summed E-state index contributed by atoms with van der Waals surface area (Å²) >= 11 is 0. The Morgan fingerprint density at radius 3 is 2.11 bits per heavy atom. The van der Waals surface area contributed by atoms with Gasteiger partial charge in [0.2, 0.25) is 0 Å². The van der Waals surface area contributed by atoms with Crippen molar-refractivity contribution < 1.29 is 39.9 Å². The molecule has 0 bridgehead atoms. The van der Waals surface area contributed by atoms with Crippen LogP contribution in [0.3, 0.4) is 0 Å². The van der Waals surface area contributed by atoms with Gasteiger partial charge in [0, 0.05) is 0 Å². The van der Waals surface area contributed by atoms with E-state index < -0.39 is 51.3 Å². The van der Waals surface area contributed by atoms with E-state index >= 15 is 0 Å². The van der Waals surface area contributed by atoms with Crippen molar-refractivity contribution in [2.24, 2.45) is 0 Å². The number of aliphatic hydroxyl groups is 6. The molecule has 0 aromatic heterocycles. The number of rotatable bonds is 4. The van der Waals surface area contributed by atoms with Crippen molar-refractivity contribution in [2.45, 2.75) is 42.2 Å². The summed E-state index contributed by atoms with van der Waals surface area (Å²) in [4.78, 5) is 0. The van der Waals surface area contributed by atoms with Gasteiger partial charge in [-0.1, -0.05) is 0 Å². The second-order valence-corrected chi connectivity index (χ2v) is 6.45. The van der Waals surface area contributed by atoms with E-state index in [1.807, 2.05) is 0 Å². The van der Waals surface area contributed by atoms with Gasteiger partial charge >= 0.3 is 0 Å². The van der Waals surface area contributed by atoms with E-state index in [1.165, 1.54) is 0 Å². The number of aliphatic hydroxyl groups excluding tert-OH is 6. The summed E-state index contributed by atoms with van der Waals surface area (Å²) in [6, 6.07) is 0. The molecule has 0 spiro atoms. The maximum atomic E-state index is 9.67. The van der Waals surface area contributed by atoms with Crippen LogP contribution >= 0.6 is 8.15 Å². The molecule has 0 aromatic carbocycles. The first kappa shape index (κ1) is 14.5. The van der Waals surface area contributed by atoms with Crippen molar-refractivity contribution in [1.29, 1.82) is 0 Å². The van der Waals surface area contributed by atoms with Crippen LogP contribution in [0.2, 0.25) is 0 Å². The third-order valence-corrected chi connectivity index (χ3v) is 5.19. The topological polar surface area (TPSA) is 140 Å². The van der Waals surface area contributed by atoms with Crippen LogP contribution in [0.1, 0.15) is 0 Å². The molecule has 2 aliphatic rings. The first-order valence-electron chi connectivity index (χ1n) is 5.55. The number of hydrogen-bond donors (Lipinski definition) is 6. The van der Waals surface area contributed by atoms with Gasteiger partial charge in [0.15, 0.2) is 6.29 Å². The van der Waals surface area contributed by atoms with Gasteiger partial charge in [-0.15, -0.1) is 0 Å². The van der Waals surface area contributed by atoms with E-state index in [-0.39, 0.29) is 12.3 Å². The fraction of sp³-hybridized carbons (Fsp3) is 1.00. The normalized spacial score (nSPS) is 52.3. The lowest BCUT2D eigenvalue weighted by Crippen LogP contribution is -2.58. The van der Waals surface area contributed by atoms with Crippen molar-refractivity contribution in [1.82, 2.24) is 0 Å². The lowest BCUT2D eigenvalue weighted by atomic mass is 10.00. The summed E-state index contributed by atoms with van der Waals surface area (Å²) in [5, 5.41) is 56.0. The number of hydrogen-bond acceptors (Lipinski definition) is 8.